The molecule has 1 heterocycles. The van der Waals surface area contributed by atoms with E-state index in [2.05, 4.69) is 10.1 Å². The summed E-state index contributed by atoms with van der Waals surface area (Å²) >= 11 is 0. The fourth-order valence-electron chi connectivity index (χ4n) is 5.54. The zero-order valence-corrected chi connectivity index (χ0v) is 27.8. The summed E-state index contributed by atoms with van der Waals surface area (Å²) in [4.78, 5) is 39.4. The van der Waals surface area contributed by atoms with Crippen LogP contribution in [-0.4, -0.2) is 82.2 Å². The second-order valence-electron chi connectivity index (χ2n) is 11.7. The van der Waals surface area contributed by atoms with Gasteiger partial charge in [0.2, 0.25) is 0 Å². The maximum absolute atomic E-state index is 15.4. The summed E-state index contributed by atoms with van der Waals surface area (Å²) in [5.74, 6) is -4.53. The molecule has 4 rings (SSSR count). The predicted molar refractivity (Wildman–Crippen MR) is 171 cm³/mol. The largest absolute Gasteiger partial charge is 0.573 e. The molecule has 3 aromatic rings. The Bertz CT molecular complexity index is 1720. The van der Waals surface area contributed by atoms with Gasteiger partial charge in [-0.05, 0) is 60.4 Å². The van der Waals surface area contributed by atoms with E-state index in [-0.39, 0.29) is 55.0 Å². The van der Waals surface area contributed by atoms with E-state index in [1.54, 1.807) is 5.32 Å². The van der Waals surface area contributed by atoms with Crippen LogP contribution >= 0.6 is 0 Å². The first kappa shape index (κ1) is 40.8. The van der Waals surface area contributed by atoms with Crippen molar-refractivity contribution in [2.75, 3.05) is 38.3 Å². The molecule has 0 bridgehead atoms. The number of hydrogen-bond donors (Lipinski definition) is 3. The van der Waals surface area contributed by atoms with Gasteiger partial charge >= 0.3 is 24.7 Å². The van der Waals surface area contributed by atoms with Gasteiger partial charge in [0.25, 0.3) is 5.91 Å². The fourth-order valence-corrected chi connectivity index (χ4v) is 5.54. The first-order valence-electron chi connectivity index (χ1n) is 15.8. The van der Waals surface area contributed by atoms with E-state index in [0.717, 1.165) is 37.4 Å². The number of halogens is 8. The van der Waals surface area contributed by atoms with Crippen molar-refractivity contribution in [2.24, 2.45) is 5.73 Å². The molecule has 3 aromatic carbocycles. The minimum absolute atomic E-state index is 0.0248. The fraction of sp³-hybridized carbons (Fsp3) is 0.382. The molecule has 3 amide bonds. The summed E-state index contributed by atoms with van der Waals surface area (Å²) in [5.41, 5.74) is 6.34. The molecule has 1 fully saturated rings. The summed E-state index contributed by atoms with van der Waals surface area (Å²) in [6.07, 6.45) is -12.7. The van der Waals surface area contributed by atoms with Gasteiger partial charge < -0.3 is 35.3 Å². The maximum atomic E-state index is 15.4. The highest BCUT2D eigenvalue weighted by atomic mass is 19.4. The highest BCUT2D eigenvalue weighted by Gasteiger charge is 2.38. The molecule has 1 aliphatic rings. The lowest BCUT2D eigenvalue weighted by Crippen LogP contribution is -2.50. The van der Waals surface area contributed by atoms with Gasteiger partial charge in [0.15, 0.2) is 0 Å². The molecule has 19 heteroatoms. The summed E-state index contributed by atoms with van der Waals surface area (Å²) in [7, 11) is 0.962. The van der Waals surface area contributed by atoms with Crippen molar-refractivity contribution in [1.29, 1.82) is 0 Å². The smallest absolute Gasteiger partial charge is 0.452 e. The van der Waals surface area contributed by atoms with E-state index in [1.807, 2.05) is 0 Å². The van der Waals surface area contributed by atoms with Crippen LogP contribution in [0.4, 0.5) is 50.4 Å². The molecule has 1 aliphatic heterocycles. The van der Waals surface area contributed by atoms with Gasteiger partial charge in [-0.3, -0.25) is 4.79 Å². The summed E-state index contributed by atoms with van der Waals surface area (Å²) in [6, 6.07) is 10.5. The number of carbonyl (C=O) groups is 3. The SMILES string of the molecule is COC(=O)N(C(=O)[C@@H](N)[C@@H](c1ccc(F)cc1)c1cccc(OC(F)(F)F)c1)c1cccc(F)c1CC[C@@H]1CN[C@H](COC(=O)NCC(F)(F)F)CO1. The number of alkyl halides is 6. The number of nitrogens with one attached hydrogen (secondary N) is 2. The van der Waals surface area contributed by atoms with Crippen molar-refractivity contribution in [3.8, 4) is 5.75 Å². The first-order chi connectivity index (χ1) is 25.0. The highest BCUT2D eigenvalue weighted by molar-refractivity contribution is 6.15. The molecule has 0 aliphatic carbocycles. The van der Waals surface area contributed by atoms with Crippen molar-refractivity contribution in [3.63, 3.8) is 0 Å². The molecule has 4 atom stereocenters. The van der Waals surface area contributed by atoms with E-state index in [1.165, 1.54) is 36.4 Å². The molecule has 0 unspecified atom stereocenters. The summed E-state index contributed by atoms with van der Waals surface area (Å²) < 4.78 is 125. The van der Waals surface area contributed by atoms with Crippen molar-refractivity contribution < 1.29 is 68.5 Å². The van der Waals surface area contributed by atoms with E-state index < -0.39 is 78.7 Å². The van der Waals surface area contributed by atoms with Crippen LogP contribution in [0.15, 0.2) is 66.7 Å². The van der Waals surface area contributed by atoms with Gasteiger partial charge in [-0.2, -0.15) is 13.2 Å². The molecule has 11 nitrogen and oxygen atoms in total. The number of ether oxygens (including phenoxy) is 4. The number of anilines is 1. The van der Waals surface area contributed by atoms with Crippen LogP contribution in [0.25, 0.3) is 0 Å². The number of morpholine rings is 1. The quantitative estimate of drug-likeness (QED) is 0.198. The van der Waals surface area contributed by atoms with Gasteiger partial charge in [0.1, 0.15) is 30.5 Å². The van der Waals surface area contributed by atoms with Gasteiger partial charge in [0, 0.05) is 18.0 Å². The number of rotatable bonds is 12. The number of benzene rings is 3. The Labute approximate surface area is 297 Å². The Morgan fingerprint density at radius 1 is 1.00 bits per heavy atom. The van der Waals surface area contributed by atoms with Crippen LogP contribution < -0.4 is 26.0 Å². The first-order valence-corrected chi connectivity index (χ1v) is 15.8. The number of nitrogens with two attached hydrogens (primary N) is 1. The van der Waals surface area contributed by atoms with E-state index in [4.69, 9.17) is 19.9 Å². The second-order valence-corrected chi connectivity index (χ2v) is 11.7. The van der Waals surface area contributed by atoms with Gasteiger partial charge in [-0.25, -0.2) is 23.3 Å². The van der Waals surface area contributed by atoms with E-state index >= 15 is 4.39 Å². The Kier molecular flexibility index (Phi) is 13.6. The number of alkyl carbamates (subject to hydrolysis) is 1. The van der Waals surface area contributed by atoms with Crippen molar-refractivity contribution in [3.05, 3.63) is 95.1 Å². The van der Waals surface area contributed by atoms with Crippen molar-refractivity contribution in [1.82, 2.24) is 10.6 Å². The third-order valence-corrected chi connectivity index (χ3v) is 7.97. The van der Waals surface area contributed by atoms with Crippen molar-refractivity contribution >= 4 is 23.8 Å². The van der Waals surface area contributed by atoms with E-state index in [0.29, 0.717) is 4.90 Å². The molecule has 0 aromatic heterocycles. The lowest BCUT2D eigenvalue weighted by Gasteiger charge is -2.31. The van der Waals surface area contributed by atoms with Crippen LogP contribution in [-0.2, 0) is 25.4 Å². The third kappa shape index (κ3) is 11.7. The van der Waals surface area contributed by atoms with Crippen LogP contribution in [0, 0.1) is 11.6 Å². The summed E-state index contributed by atoms with van der Waals surface area (Å²) in [5, 5.41) is 4.59. The molecular weight excluding hydrogens is 728 g/mol. The average Bonchev–Trinajstić information content (AvgIpc) is 3.10. The second kappa shape index (κ2) is 17.7. The molecule has 1 saturated heterocycles. The monoisotopic (exact) mass is 762 g/mol. The minimum atomic E-state index is -5.05. The van der Waals surface area contributed by atoms with Gasteiger partial charge in [-0.1, -0.05) is 30.3 Å². The molecule has 4 N–H and O–H groups in total. The lowest BCUT2D eigenvalue weighted by molar-refractivity contribution is -0.274. The predicted octanol–water partition coefficient (Wildman–Crippen LogP) is 5.70. The van der Waals surface area contributed by atoms with Crippen molar-refractivity contribution in [2.45, 2.75) is 49.5 Å². The number of hydrogen-bond acceptors (Lipinski definition) is 9. The van der Waals surface area contributed by atoms with E-state index in [9.17, 15) is 45.1 Å². The average molecular weight is 763 g/mol. The highest BCUT2D eigenvalue weighted by Crippen LogP contribution is 2.34. The number of imide groups is 1. The number of amides is 3. The molecule has 288 valence electrons. The van der Waals surface area contributed by atoms with Crippen LogP contribution in [0.5, 0.6) is 5.75 Å². The molecule has 0 spiro atoms. The molecule has 0 radical (unpaired) electrons. The van der Waals surface area contributed by atoms with Gasteiger partial charge in [-0.15, -0.1) is 13.2 Å². The molecule has 53 heavy (non-hydrogen) atoms. The Morgan fingerprint density at radius 3 is 2.32 bits per heavy atom. The molecule has 0 saturated carbocycles. The van der Waals surface area contributed by atoms with Gasteiger partial charge in [0.05, 0.1) is 37.6 Å². The molecular formula is C34H34F8N4O7. The topological polar surface area (TPSA) is 141 Å². The normalized spacial score (nSPS) is 17.3. The number of nitrogens with zero attached hydrogens (tertiary/aromatic N) is 1. The third-order valence-electron chi connectivity index (χ3n) is 7.97. The van der Waals surface area contributed by atoms with Crippen LogP contribution in [0.2, 0.25) is 0 Å². The Morgan fingerprint density at radius 2 is 1.70 bits per heavy atom. The lowest BCUT2D eigenvalue weighted by atomic mass is 9.84. The van der Waals surface area contributed by atoms with Crippen LogP contribution in [0.1, 0.15) is 29.0 Å². The minimum Gasteiger partial charge on any atom is -0.452 e. The maximum Gasteiger partial charge on any atom is 0.573 e. The Hall–Kier alpha value is -5.01. The zero-order chi connectivity index (χ0) is 38.9. The number of methoxy groups -OCH3 is 1. The Balaban J connectivity index is 1.53. The number of carbonyl (C=O) groups excluding carboxylic acids is 3. The zero-order valence-electron chi connectivity index (χ0n) is 27.8. The van der Waals surface area contributed by atoms with Crippen LogP contribution in [0.3, 0.4) is 0 Å². The standard InChI is InChI=1S/C34H34F8N4O7/c1-50-32(49)46(30(47)29(43)28(19-8-10-21(35)11-9-19)20-4-2-5-23(14-20)53-34(40,41)42)27-7-3-6-26(36)25(27)13-12-24-15-44-22(16-51-24)17-52-31(48)45-18-33(37,38)39/h2-11,14,22,24,28-29,44H,12-13,15-18,43H2,1H3,(H,45,48)/t22-,24+,28-,29-/m0/s1. The summed E-state index contributed by atoms with van der Waals surface area (Å²) in [6.45, 7) is -1.73.